The Kier molecular flexibility index (Phi) is 2.90. The molecule has 2 atom stereocenters. The van der Waals surface area contributed by atoms with Crippen molar-refractivity contribution in [1.29, 1.82) is 0 Å². The van der Waals surface area contributed by atoms with Crippen molar-refractivity contribution in [3.05, 3.63) is 12.8 Å². The summed E-state index contributed by atoms with van der Waals surface area (Å²) in [5, 5.41) is 0. The molecule has 2 unspecified atom stereocenters. The van der Waals surface area contributed by atoms with Gasteiger partial charge in [0.2, 0.25) is 5.91 Å². The van der Waals surface area contributed by atoms with Crippen LogP contribution in [0, 0.1) is 11.8 Å². The van der Waals surface area contributed by atoms with Gasteiger partial charge in [0.1, 0.15) is 0 Å². The summed E-state index contributed by atoms with van der Waals surface area (Å²) in [7, 11) is 0. The van der Waals surface area contributed by atoms with E-state index in [1.54, 1.807) is 11.1 Å². The molecule has 0 aromatic rings. The van der Waals surface area contributed by atoms with Gasteiger partial charge in [-0.3, -0.25) is 4.79 Å². The second-order valence-corrected chi connectivity index (χ2v) is 3.88. The average molecular weight is 167 g/mol. The lowest BCUT2D eigenvalue weighted by Gasteiger charge is -2.17. The number of hydrogen-bond acceptors (Lipinski definition) is 1. The Morgan fingerprint density at radius 2 is 2.17 bits per heavy atom. The van der Waals surface area contributed by atoms with Gasteiger partial charge in [-0.15, -0.1) is 0 Å². The van der Waals surface area contributed by atoms with Gasteiger partial charge in [0, 0.05) is 13.0 Å². The van der Waals surface area contributed by atoms with Crippen LogP contribution in [-0.2, 0) is 4.79 Å². The first-order valence-corrected chi connectivity index (χ1v) is 4.55. The molecule has 0 aliphatic carbocycles. The highest BCUT2D eigenvalue weighted by molar-refractivity contribution is 5.77. The van der Waals surface area contributed by atoms with E-state index in [4.69, 9.17) is 0 Å². The number of amides is 1. The van der Waals surface area contributed by atoms with E-state index in [1.807, 2.05) is 0 Å². The summed E-state index contributed by atoms with van der Waals surface area (Å²) in [5.74, 6) is 1.35. The molecule has 0 saturated carbocycles. The van der Waals surface area contributed by atoms with Crippen LogP contribution in [0.2, 0.25) is 0 Å². The standard InChI is InChI=1S/C10H17NO/c1-4-11-7-9(3)5-8(2)6-10(11)12/h4,8-9H,1,5-7H2,2-3H3. The lowest BCUT2D eigenvalue weighted by molar-refractivity contribution is -0.128. The summed E-state index contributed by atoms with van der Waals surface area (Å²) in [6.07, 6.45) is 3.48. The summed E-state index contributed by atoms with van der Waals surface area (Å²) in [4.78, 5) is 13.2. The molecule has 0 aromatic carbocycles. The smallest absolute Gasteiger partial charge is 0.226 e. The van der Waals surface area contributed by atoms with Gasteiger partial charge >= 0.3 is 0 Å². The Bertz CT molecular complexity index is 188. The van der Waals surface area contributed by atoms with E-state index in [0.717, 1.165) is 13.0 Å². The van der Waals surface area contributed by atoms with Gasteiger partial charge in [0.15, 0.2) is 0 Å². The molecule has 0 aromatic heterocycles. The molecule has 2 heteroatoms. The fourth-order valence-electron chi connectivity index (χ4n) is 1.87. The molecule has 1 amide bonds. The van der Waals surface area contributed by atoms with Gasteiger partial charge in [-0.2, -0.15) is 0 Å². The maximum absolute atomic E-state index is 11.5. The maximum atomic E-state index is 11.5. The second kappa shape index (κ2) is 3.74. The van der Waals surface area contributed by atoms with Crippen LogP contribution in [0.25, 0.3) is 0 Å². The molecule has 0 radical (unpaired) electrons. The third-order valence-corrected chi connectivity index (χ3v) is 2.38. The Morgan fingerprint density at radius 3 is 2.75 bits per heavy atom. The van der Waals surface area contributed by atoms with Crippen LogP contribution in [0.5, 0.6) is 0 Å². The van der Waals surface area contributed by atoms with Crippen LogP contribution >= 0.6 is 0 Å². The quantitative estimate of drug-likeness (QED) is 0.585. The molecular formula is C10H17NO. The van der Waals surface area contributed by atoms with E-state index >= 15 is 0 Å². The van der Waals surface area contributed by atoms with Gasteiger partial charge in [0.25, 0.3) is 0 Å². The van der Waals surface area contributed by atoms with Crippen LogP contribution in [0.1, 0.15) is 26.7 Å². The molecule has 0 N–H and O–H groups in total. The number of rotatable bonds is 1. The van der Waals surface area contributed by atoms with Crippen molar-refractivity contribution in [3.8, 4) is 0 Å². The third-order valence-electron chi connectivity index (χ3n) is 2.38. The van der Waals surface area contributed by atoms with Gasteiger partial charge in [0.05, 0.1) is 0 Å². The Morgan fingerprint density at radius 1 is 1.50 bits per heavy atom. The van der Waals surface area contributed by atoms with Crippen molar-refractivity contribution in [2.45, 2.75) is 26.7 Å². The highest BCUT2D eigenvalue weighted by Crippen LogP contribution is 2.21. The predicted octanol–water partition coefficient (Wildman–Crippen LogP) is 2.02. The van der Waals surface area contributed by atoms with Crippen molar-refractivity contribution < 1.29 is 4.79 Å². The van der Waals surface area contributed by atoms with E-state index in [1.165, 1.54) is 0 Å². The Balaban J connectivity index is 2.67. The highest BCUT2D eigenvalue weighted by Gasteiger charge is 2.22. The molecule has 12 heavy (non-hydrogen) atoms. The van der Waals surface area contributed by atoms with E-state index in [0.29, 0.717) is 18.3 Å². The number of likely N-dealkylation sites (tertiary alicyclic amines) is 1. The van der Waals surface area contributed by atoms with Crippen LogP contribution in [0.4, 0.5) is 0 Å². The summed E-state index contributed by atoms with van der Waals surface area (Å²) in [6.45, 7) is 8.81. The zero-order chi connectivity index (χ0) is 9.14. The molecule has 1 aliphatic rings. The summed E-state index contributed by atoms with van der Waals surface area (Å²) in [6, 6.07) is 0. The number of carbonyl (C=O) groups excluding carboxylic acids is 1. The van der Waals surface area contributed by atoms with Crippen molar-refractivity contribution in [2.75, 3.05) is 6.54 Å². The minimum absolute atomic E-state index is 0.224. The monoisotopic (exact) mass is 167 g/mol. The minimum Gasteiger partial charge on any atom is -0.319 e. The van der Waals surface area contributed by atoms with E-state index in [2.05, 4.69) is 20.4 Å². The molecule has 1 fully saturated rings. The number of nitrogens with zero attached hydrogens (tertiary/aromatic N) is 1. The normalized spacial score (nSPS) is 31.5. The lowest BCUT2D eigenvalue weighted by atomic mass is 9.97. The molecule has 0 bridgehead atoms. The average Bonchev–Trinajstić information content (AvgIpc) is 2.09. The SMILES string of the molecule is C=CN1CC(C)CC(C)CC1=O. The van der Waals surface area contributed by atoms with E-state index in [-0.39, 0.29) is 5.91 Å². The number of carbonyl (C=O) groups is 1. The van der Waals surface area contributed by atoms with Gasteiger partial charge < -0.3 is 4.90 Å². The van der Waals surface area contributed by atoms with Crippen LogP contribution < -0.4 is 0 Å². The van der Waals surface area contributed by atoms with Crippen molar-refractivity contribution >= 4 is 5.91 Å². The molecule has 68 valence electrons. The van der Waals surface area contributed by atoms with Crippen molar-refractivity contribution in [2.24, 2.45) is 11.8 Å². The van der Waals surface area contributed by atoms with Gasteiger partial charge in [-0.1, -0.05) is 20.4 Å². The molecule has 2 nitrogen and oxygen atoms in total. The third kappa shape index (κ3) is 2.10. The lowest BCUT2D eigenvalue weighted by Crippen LogP contribution is -2.26. The van der Waals surface area contributed by atoms with Crippen molar-refractivity contribution in [3.63, 3.8) is 0 Å². The zero-order valence-corrected chi connectivity index (χ0v) is 7.92. The highest BCUT2D eigenvalue weighted by atomic mass is 16.2. The van der Waals surface area contributed by atoms with E-state index in [9.17, 15) is 4.79 Å². The topological polar surface area (TPSA) is 20.3 Å². The molecule has 1 rings (SSSR count). The van der Waals surface area contributed by atoms with Crippen LogP contribution in [-0.4, -0.2) is 17.4 Å². The van der Waals surface area contributed by atoms with Crippen molar-refractivity contribution in [1.82, 2.24) is 4.90 Å². The van der Waals surface area contributed by atoms with Gasteiger partial charge in [-0.05, 0) is 24.5 Å². The van der Waals surface area contributed by atoms with E-state index < -0.39 is 0 Å². The van der Waals surface area contributed by atoms with Crippen LogP contribution in [0.3, 0.4) is 0 Å². The van der Waals surface area contributed by atoms with Crippen LogP contribution in [0.15, 0.2) is 12.8 Å². The fourth-order valence-corrected chi connectivity index (χ4v) is 1.87. The molecule has 0 spiro atoms. The summed E-state index contributed by atoms with van der Waals surface area (Å²) >= 11 is 0. The Hall–Kier alpha value is -0.790. The molecule has 1 saturated heterocycles. The largest absolute Gasteiger partial charge is 0.319 e. The molecule has 1 aliphatic heterocycles. The van der Waals surface area contributed by atoms with Gasteiger partial charge in [-0.25, -0.2) is 0 Å². The minimum atomic E-state index is 0.224. The number of hydrogen-bond donors (Lipinski definition) is 0. The first kappa shape index (κ1) is 9.30. The second-order valence-electron chi connectivity index (χ2n) is 3.88. The zero-order valence-electron chi connectivity index (χ0n) is 7.92. The predicted molar refractivity (Wildman–Crippen MR) is 49.5 cm³/mol. The fraction of sp³-hybridized carbons (Fsp3) is 0.700. The maximum Gasteiger partial charge on any atom is 0.226 e. The first-order valence-electron chi connectivity index (χ1n) is 4.55. The first-order chi connectivity index (χ1) is 5.63. The molecule has 1 heterocycles. The Labute approximate surface area is 74.2 Å². The molecular weight excluding hydrogens is 150 g/mol. The summed E-state index contributed by atoms with van der Waals surface area (Å²) < 4.78 is 0. The summed E-state index contributed by atoms with van der Waals surface area (Å²) in [5.41, 5.74) is 0.